The molecule has 1 N–H and O–H groups in total. The summed E-state index contributed by atoms with van der Waals surface area (Å²) in [5.41, 5.74) is 0. The van der Waals surface area contributed by atoms with Gasteiger partial charge >= 0.3 is 0 Å². The van der Waals surface area contributed by atoms with E-state index in [2.05, 4.69) is 5.32 Å². The van der Waals surface area contributed by atoms with Gasteiger partial charge in [0.2, 0.25) is 11.8 Å². The van der Waals surface area contributed by atoms with Crippen LogP contribution >= 0.6 is 0 Å². The van der Waals surface area contributed by atoms with E-state index in [0.717, 1.165) is 0 Å². The molecule has 1 aliphatic rings. The lowest BCUT2D eigenvalue weighted by Crippen LogP contribution is -2.59. The minimum absolute atomic E-state index is 0.209. The predicted molar refractivity (Wildman–Crippen MR) is 65.8 cm³/mol. The second kappa shape index (κ2) is 7.45. The average Bonchev–Trinajstić information content (AvgIpc) is 2.29. The number of hydrogen-bond acceptors (Lipinski definition) is 5. The number of nitrogens with zero attached hydrogens (tertiary/aromatic N) is 1. The minimum atomic E-state index is -0.396. The van der Waals surface area contributed by atoms with Crippen molar-refractivity contribution in [2.75, 3.05) is 26.3 Å². The van der Waals surface area contributed by atoms with Crippen molar-refractivity contribution in [1.82, 2.24) is 10.2 Å². The van der Waals surface area contributed by atoms with Crippen LogP contribution in [0.3, 0.4) is 0 Å². The van der Waals surface area contributed by atoms with Gasteiger partial charge < -0.3 is 9.47 Å². The second-order valence-corrected chi connectivity index (χ2v) is 4.11. The Morgan fingerprint density at radius 2 is 1.89 bits per heavy atom. The highest BCUT2D eigenvalue weighted by atomic mass is 16.7. The van der Waals surface area contributed by atoms with Crippen LogP contribution in [0, 0.1) is 0 Å². The highest BCUT2D eigenvalue weighted by Crippen LogP contribution is 2.11. The Hall–Kier alpha value is -0.980. The fourth-order valence-electron chi connectivity index (χ4n) is 2.07. The fourth-order valence-corrected chi connectivity index (χ4v) is 2.07. The number of piperazine rings is 1. The van der Waals surface area contributed by atoms with Crippen LogP contribution in [0.2, 0.25) is 0 Å². The number of nitrogens with one attached hydrogen (secondary N) is 1. The van der Waals surface area contributed by atoms with E-state index in [1.54, 1.807) is 0 Å². The van der Waals surface area contributed by atoms with Gasteiger partial charge in [-0.05, 0) is 20.3 Å². The smallest absolute Gasteiger partial charge is 0.243 e. The van der Waals surface area contributed by atoms with Crippen molar-refractivity contribution >= 4 is 11.8 Å². The molecule has 1 aliphatic heterocycles. The van der Waals surface area contributed by atoms with Crippen LogP contribution in [0.4, 0.5) is 0 Å². The van der Waals surface area contributed by atoms with E-state index in [1.165, 1.54) is 0 Å². The predicted octanol–water partition coefficient (Wildman–Crippen LogP) is 0.123. The van der Waals surface area contributed by atoms with Crippen LogP contribution < -0.4 is 5.32 Å². The molecule has 0 spiro atoms. The molecule has 1 fully saturated rings. The first kappa shape index (κ1) is 15.1. The van der Waals surface area contributed by atoms with Gasteiger partial charge in [-0.25, -0.2) is 0 Å². The Labute approximate surface area is 108 Å². The molecule has 0 aromatic carbocycles. The highest BCUT2D eigenvalue weighted by Gasteiger charge is 2.33. The molecule has 0 aromatic rings. The zero-order chi connectivity index (χ0) is 13.5. The summed E-state index contributed by atoms with van der Waals surface area (Å²) in [6.07, 6.45) is 0.261. The first-order chi connectivity index (χ1) is 8.62. The Bertz CT molecular complexity index is 290. The molecule has 0 aromatic heterocycles. The lowest BCUT2D eigenvalue weighted by molar-refractivity contribution is -0.160. The quantitative estimate of drug-likeness (QED) is 0.519. The molecule has 0 aliphatic carbocycles. The number of hydrogen-bond donors (Lipinski definition) is 1. The Kier molecular flexibility index (Phi) is 6.24. The van der Waals surface area contributed by atoms with Gasteiger partial charge in [-0.2, -0.15) is 0 Å². The molecule has 1 rings (SSSR count). The molecule has 2 amide bonds. The standard InChI is InChI=1S/C12H22N2O4/c1-4-9-12(16)13-10(15)7-14(9)8-11(17-5-2)18-6-3/h9,11H,4-8H2,1-3H3,(H,13,15,16). The maximum Gasteiger partial charge on any atom is 0.243 e. The van der Waals surface area contributed by atoms with Crippen LogP contribution in [-0.2, 0) is 19.1 Å². The normalized spacial score (nSPS) is 21.4. The summed E-state index contributed by atoms with van der Waals surface area (Å²) in [6, 6.07) is -0.286. The molecule has 1 atom stereocenters. The molecule has 0 radical (unpaired) electrons. The summed E-state index contributed by atoms with van der Waals surface area (Å²) in [6.45, 7) is 7.41. The van der Waals surface area contributed by atoms with Gasteiger partial charge in [0.05, 0.1) is 19.1 Å². The van der Waals surface area contributed by atoms with Crippen molar-refractivity contribution < 1.29 is 19.1 Å². The maximum atomic E-state index is 11.7. The number of imide groups is 1. The molecule has 6 heteroatoms. The third kappa shape index (κ3) is 4.04. The zero-order valence-corrected chi connectivity index (χ0v) is 11.3. The first-order valence-corrected chi connectivity index (χ1v) is 6.43. The van der Waals surface area contributed by atoms with E-state index in [-0.39, 0.29) is 24.4 Å². The van der Waals surface area contributed by atoms with Gasteiger partial charge in [0, 0.05) is 13.2 Å². The van der Waals surface area contributed by atoms with Crippen LogP contribution in [0.1, 0.15) is 27.2 Å². The van der Waals surface area contributed by atoms with Crippen LogP contribution in [0.15, 0.2) is 0 Å². The summed E-state index contributed by atoms with van der Waals surface area (Å²) in [7, 11) is 0. The number of ether oxygens (including phenoxy) is 2. The third-order valence-corrected chi connectivity index (χ3v) is 2.83. The fraction of sp³-hybridized carbons (Fsp3) is 0.833. The highest BCUT2D eigenvalue weighted by molar-refractivity contribution is 6.01. The molecule has 18 heavy (non-hydrogen) atoms. The molecule has 1 heterocycles. The summed E-state index contributed by atoms with van der Waals surface area (Å²) < 4.78 is 10.9. The molecular formula is C12H22N2O4. The molecule has 1 saturated heterocycles. The van der Waals surface area contributed by atoms with Crippen LogP contribution in [0.25, 0.3) is 0 Å². The van der Waals surface area contributed by atoms with Gasteiger partial charge in [-0.15, -0.1) is 0 Å². The number of carbonyl (C=O) groups is 2. The van der Waals surface area contributed by atoms with E-state index in [4.69, 9.17) is 9.47 Å². The van der Waals surface area contributed by atoms with Crippen molar-refractivity contribution in [1.29, 1.82) is 0 Å². The summed E-state index contributed by atoms with van der Waals surface area (Å²) in [5.74, 6) is -0.503. The zero-order valence-electron chi connectivity index (χ0n) is 11.3. The molecule has 0 saturated carbocycles. The monoisotopic (exact) mass is 258 g/mol. The summed E-state index contributed by atoms with van der Waals surface area (Å²) >= 11 is 0. The number of amides is 2. The largest absolute Gasteiger partial charge is 0.352 e. The van der Waals surface area contributed by atoms with Crippen molar-refractivity contribution in [3.63, 3.8) is 0 Å². The van der Waals surface area contributed by atoms with E-state index in [0.29, 0.717) is 26.2 Å². The van der Waals surface area contributed by atoms with Gasteiger partial charge in [0.1, 0.15) is 0 Å². The van der Waals surface area contributed by atoms with Gasteiger partial charge in [0.15, 0.2) is 6.29 Å². The van der Waals surface area contributed by atoms with Crippen molar-refractivity contribution in [2.24, 2.45) is 0 Å². The number of rotatable bonds is 7. The minimum Gasteiger partial charge on any atom is -0.352 e. The van der Waals surface area contributed by atoms with E-state index < -0.39 is 6.29 Å². The Balaban J connectivity index is 2.64. The van der Waals surface area contributed by atoms with Crippen molar-refractivity contribution in [3.05, 3.63) is 0 Å². The summed E-state index contributed by atoms with van der Waals surface area (Å²) in [4.78, 5) is 24.9. The maximum absolute atomic E-state index is 11.7. The lowest BCUT2D eigenvalue weighted by Gasteiger charge is -2.35. The first-order valence-electron chi connectivity index (χ1n) is 6.43. The van der Waals surface area contributed by atoms with E-state index in [1.807, 2.05) is 25.7 Å². The van der Waals surface area contributed by atoms with Crippen LogP contribution in [0.5, 0.6) is 0 Å². The average molecular weight is 258 g/mol. The molecule has 1 unspecified atom stereocenters. The summed E-state index contributed by atoms with van der Waals surface area (Å²) in [5, 5.41) is 2.35. The van der Waals surface area contributed by atoms with Crippen molar-refractivity contribution in [2.45, 2.75) is 39.5 Å². The van der Waals surface area contributed by atoms with E-state index >= 15 is 0 Å². The molecule has 104 valence electrons. The third-order valence-electron chi connectivity index (χ3n) is 2.83. The van der Waals surface area contributed by atoms with Gasteiger partial charge in [-0.1, -0.05) is 6.92 Å². The molecule has 6 nitrogen and oxygen atoms in total. The van der Waals surface area contributed by atoms with Crippen LogP contribution in [-0.4, -0.2) is 55.3 Å². The Morgan fingerprint density at radius 1 is 1.28 bits per heavy atom. The lowest BCUT2D eigenvalue weighted by atomic mass is 10.1. The van der Waals surface area contributed by atoms with E-state index in [9.17, 15) is 9.59 Å². The topological polar surface area (TPSA) is 67.9 Å². The van der Waals surface area contributed by atoms with Gasteiger partial charge in [-0.3, -0.25) is 19.8 Å². The molecule has 0 bridgehead atoms. The Morgan fingerprint density at radius 3 is 2.39 bits per heavy atom. The molecular weight excluding hydrogens is 236 g/mol. The van der Waals surface area contributed by atoms with Gasteiger partial charge in [0.25, 0.3) is 0 Å². The second-order valence-electron chi connectivity index (χ2n) is 4.11. The number of carbonyl (C=O) groups excluding carboxylic acids is 2. The van der Waals surface area contributed by atoms with Crippen molar-refractivity contribution in [3.8, 4) is 0 Å². The SMILES string of the molecule is CCOC(CN1CC(=O)NC(=O)C1CC)OCC.